The number of aromatic nitrogens is 2. The highest BCUT2D eigenvalue weighted by Crippen LogP contribution is 2.24. The number of rotatable bonds is 5. The molecule has 0 unspecified atom stereocenters. The Balaban J connectivity index is 0.00000363. The SMILES string of the molecule is CN=C(NCCCc1nn(-c2ccccc2)c(N)c1C#N)N1CCS(=O)(=O)C(C)(C)C1.I. The summed E-state index contributed by atoms with van der Waals surface area (Å²) in [6, 6.07) is 11.6. The summed E-state index contributed by atoms with van der Waals surface area (Å²) in [7, 11) is -1.42. The van der Waals surface area contributed by atoms with E-state index in [4.69, 9.17) is 5.73 Å². The highest BCUT2D eigenvalue weighted by Gasteiger charge is 2.40. The van der Waals surface area contributed by atoms with Gasteiger partial charge in [-0.1, -0.05) is 18.2 Å². The quantitative estimate of drug-likeness (QED) is 0.243. The zero-order valence-electron chi connectivity index (χ0n) is 18.6. The number of halogens is 1. The number of benzene rings is 1. The lowest BCUT2D eigenvalue weighted by Crippen LogP contribution is -2.57. The smallest absolute Gasteiger partial charge is 0.193 e. The second kappa shape index (κ2) is 10.5. The molecule has 0 atom stereocenters. The van der Waals surface area contributed by atoms with Gasteiger partial charge in [-0.05, 0) is 38.8 Å². The number of aryl methyl sites for hydroxylation is 1. The van der Waals surface area contributed by atoms with Gasteiger partial charge in [0.1, 0.15) is 17.5 Å². The van der Waals surface area contributed by atoms with Crippen LogP contribution in [0.2, 0.25) is 0 Å². The Hall–Kier alpha value is -2.33. The van der Waals surface area contributed by atoms with Crippen molar-refractivity contribution in [3.63, 3.8) is 0 Å². The lowest BCUT2D eigenvalue weighted by molar-refractivity contribution is 0.353. The minimum absolute atomic E-state index is 0. The van der Waals surface area contributed by atoms with Gasteiger partial charge in [0.2, 0.25) is 0 Å². The topological polar surface area (TPSA) is 129 Å². The van der Waals surface area contributed by atoms with Crippen LogP contribution in [0.3, 0.4) is 0 Å². The fraction of sp³-hybridized carbons (Fsp3) is 0.476. The van der Waals surface area contributed by atoms with Crippen molar-refractivity contribution in [1.82, 2.24) is 20.0 Å². The van der Waals surface area contributed by atoms with Gasteiger partial charge in [-0.2, -0.15) is 10.4 Å². The van der Waals surface area contributed by atoms with E-state index < -0.39 is 14.6 Å². The lowest BCUT2D eigenvalue weighted by Gasteiger charge is -2.39. The highest BCUT2D eigenvalue weighted by molar-refractivity contribution is 14.0. The summed E-state index contributed by atoms with van der Waals surface area (Å²) in [5.41, 5.74) is 8.02. The number of nitrogens with zero attached hydrogens (tertiary/aromatic N) is 5. The Kier molecular flexibility index (Phi) is 8.53. The van der Waals surface area contributed by atoms with E-state index in [1.807, 2.05) is 35.2 Å². The van der Waals surface area contributed by atoms with Crippen LogP contribution in [-0.2, 0) is 16.3 Å². The average Bonchev–Trinajstić information content (AvgIpc) is 3.06. The Morgan fingerprint density at radius 1 is 1.34 bits per heavy atom. The third-order valence-corrected chi connectivity index (χ3v) is 8.07. The van der Waals surface area contributed by atoms with Crippen molar-refractivity contribution >= 4 is 45.6 Å². The molecule has 2 heterocycles. The van der Waals surface area contributed by atoms with Crippen molar-refractivity contribution in [3.8, 4) is 11.8 Å². The molecule has 3 rings (SSSR count). The Morgan fingerprint density at radius 2 is 2.03 bits per heavy atom. The van der Waals surface area contributed by atoms with Crippen molar-refractivity contribution in [2.75, 3.05) is 38.2 Å². The molecule has 1 aliphatic rings. The zero-order chi connectivity index (χ0) is 22.6. The molecule has 0 radical (unpaired) electrons. The number of nitrogens with two attached hydrogens (primary N) is 1. The van der Waals surface area contributed by atoms with Gasteiger partial charge in [-0.15, -0.1) is 24.0 Å². The number of sulfone groups is 1. The van der Waals surface area contributed by atoms with Crippen LogP contribution in [0.5, 0.6) is 0 Å². The summed E-state index contributed by atoms with van der Waals surface area (Å²) in [5.74, 6) is 1.13. The molecule has 2 aromatic rings. The highest BCUT2D eigenvalue weighted by atomic mass is 127. The standard InChI is InChI=1S/C21H29N7O2S.HI/c1-21(2)15-27(12-13-31(21,29)30)20(24-3)25-11-7-10-18-17(14-22)19(23)28(26-18)16-8-5-4-6-9-16;/h4-6,8-9H,7,10-13,15,23H2,1-3H3,(H,24,25);1H. The van der Waals surface area contributed by atoms with E-state index in [9.17, 15) is 13.7 Å². The molecule has 9 nitrogen and oxygen atoms in total. The van der Waals surface area contributed by atoms with Gasteiger partial charge in [0.15, 0.2) is 15.8 Å². The molecule has 32 heavy (non-hydrogen) atoms. The maximum atomic E-state index is 12.2. The molecular formula is C21H30IN7O2S. The number of nitrogen functional groups attached to an aromatic ring is 1. The number of hydrogen-bond donors (Lipinski definition) is 2. The van der Waals surface area contributed by atoms with Gasteiger partial charge in [-0.25, -0.2) is 13.1 Å². The zero-order valence-corrected chi connectivity index (χ0v) is 21.7. The van der Waals surface area contributed by atoms with Crippen LogP contribution in [0.25, 0.3) is 5.69 Å². The Bertz CT molecular complexity index is 1110. The van der Waals surface area contributed by atoms with Crippen molar-refractivity contribution in [3.05, 3.63) is 41.6 Å². The lowest BCUT2D eigenvalue weighted by atomic mass is 10.1. The first-order valence-electron chi connectivity index (χ1n) is 10.2. The summed E-state index contributed by atoms with van der Waals surface area (Å²) in [6.45, 7) is 4.92. The summed E-state index contributed by atoms with van der Waals surface area (Å²) in [6.07, 6.45) is 1.30. The van der Waals surface area contributed by atoms with Crippen LogP contribution in [0.1, 0.15) is 31.5 Å². The second-order valence-electron chi connectivity index (χ2n) is 8.14. The molecule has 1 fully saturated rings. The number of anilines is 1. The number of hydrogen-bond acceptors (Lipinski definition) is 6. The second-order valence-corrected chi connectivity index (χ2v) is 10.9. The van der Waals surface area contributed by atoms with Gasteiger partial charge in [-0.3, -0.25) is 4.99 Å². The molecule has 11 heteroatoms. The molecule has 0 spiro atoms. The van der Waals surface area contributed by atoms with Gasteiger partial charge < -0.3 is 16.0 Å². The van der Waals surface area contributed by atoms with Crippen LogP contribution in [-0.4, -0.2) is 66.2 Å². The number of nitriles is 1. The monoisotopic (exact) mass is 571 g/mol. The molecule has 0 amide bonds. The molecule has 0 bridgehead atoms. The molecule has 1 saturated heterocycles. The van der Waals surface area contributed by atoms with E-state index in [0.29, 0.717) is 55.5 Å². The maximum absolute atomic E-state index is 12.2. The third-order valence-electron chi connectivity index (χ3n) is 5.53. The molecular weight excluding hydrogens is 541 g/mol. The van der Waals surface area contributed by atoms with Gasteiger partial charge in [0, 0.05) is 26.7 Å². The summed E-state index contributed by atoms with van der Waals surface area (Å²) in [5, 5.41) is 17.4. The number of guanidine groups is 1. The number of aliphatic imine (C=N–C) groups is 1. The van der Waals surface area contributed by atoms with Crippen LogP contribution < -0.4 is 11.1 Å². The van der Waals surface area contributed by atoms with Crippen molar-refractivity contribution < 1.29 is 8.42 Å². The van der Waals surface area contributed by atoms with Crippen LogP contribution >= 0.6 is 24.0 Å². The van der Waals surface area contributed by atoms with Crippen LogP contribution in [0, 0.1) is 11.3 Å². The van der Waals surface area contributed by atoms with Gasteiger partial charge in [0.25, 0.3) is 0 Å². The van der Waals surface area contributed by atoms with Crippen molar-refractivity contribution in [2.24, 2.45) is 4.99 Å². The molecule has 1 aromatic heterocycles. The predicted molar refractivity (Wildman–Crippen MR) is 137 cm³/mol. The summed E-state index contributed by atoms with van der Waals surface area (Å²) >= 11 is 0. The molecule has 0 aliphatic carbocycles. The van der Waals surface area contributed by atoms with E-state index in [2.05, 4.69) is 21.5 Å². The minimum atomic E-state index is -3.11. The van der Waals surface area contributed by atoms with E-state index in [0.717, 1.165) is 5.69 Å². The summed E-state index contributed by atoms with van der Waals surface area (Å²) < 4.78 is 25.3. The number of para-hydroxylation sites is 1. The van der Waals surface area contributed by atoms with Crippen LogP contribution in [0.4, 0.5) is 5.82 Å². The molecule has 3 N–H and O–H groups in total. The Labute approximate surface area is 206 Å². The van der Waals surface area contributed by atoms with Crippen molar-refractivity contribution in [2.45, 2.75) is 31.4 Å². The first kappa shape index (κ1) is 25.9. The van der Waals surface area contributed by atoms with E-state index in [1.54, 1.807) is 25.6 Å². The number of nitrogens with one attached hydrogen (secondary N) is 1. The van der Waals surface area contributed by atoms with E-state index in [-0.39, 0.29) is 29.7 Å². The van der Waals surface area contributed by atoms with E-state index in [1.165, 1.54) is 0 Å². The van der Waals surface area contributed by atoms with Gasteiger partial charge in [0.05, 0.1) is 21.9 Å². The van der Waals surface area contributed by atoms with Crippen molar-refractivity contribution in [1.29, 1.82) is 5.26 Å². The van der Waals surface area contributed by atoms with Crippen LogP contribution in [0.15, 0.2) is 35.3 Å². The largest absolute Gasteiger partial charge is 0.382 e. The Morgan fingerprint density at radius 3 is 2.62 bits per heavy atom. The molecule has 0 saturated carbocycles. The third kappa shape index (κ3) is 5.35. The van der Waals surface area contributed by atoms with E-state index >= 15 is 0 Å². The normalized spacial score (nSPS) is 17.3. The fourth-order valence-electron chi connectivity index (χ4n) is 3.65. The van der Waals surface area contributed by atoms with Gasteiger partial charge >= 0.3 is 0 Å². The first-order chi connectivity index (χ1) is 14.7. The average molecular weight is 571 g/mol. The summed E-state index contributed by atoms with van der Waals surface area (Å²) in [4.78, 5) is 6.28. The maximum Gasteiger partial charge on any atom is 0.193 e. The molecule has 174 valence electrons. The predicted octanol–water partition coefficient (Wildman–Crippen LogP) is 1.96. The molecule has 1 aromatic carbocycles. The minimum Gasteiger partial charge on any atom is -0.382 e. The molecule has 1 aliphatic heterocycles. The first-order valence-corrected chi connectivity index (χ1v) is 11.9. The fourth-order valence-corrected chi connectivity index (χ4v) is 5.02.